The molecule has 0 aliphatic carbocycles. The summed E-state index contributed by atoms with van der Waals surface area (Å²) in [6, 6.07) is 4.26. The Kier molecular flexibility index (Phi) is 5.19. The number of benzene rings is 1. The number of likely N-dealkylation sites (tertiary alicyclic amines) is 1. The Hall–Kier alpha value is -1.17. The van der Waals surface area contributed by atoms with E-state index in [4.69, 9.17) is 11.6 Å². The van der Waals surface area contributed by atoms with Crippen molar-refractivity contribution < 1.29 is 9.18 Å². The lowest BCUT2D eigenvalue weighted by Gasteiger charge is -2.39. The number of halogens is 2. The molecule has 1 aromatic rings. The summed E-state index contributed by atoms with van der Waals surface area (Å²) < 4.78 is 14.5. The molecule has 2 heterocycles. The van der Waals surface area contributed by atoms with Gasteiger partial charge in [0, 0.05) is 49.4 Å². The first kappa shape index (κ1) is 16.7. The van der Waals surface area contributed by atoms with Gasteiger partial charge < -0.3 is 10.2 Å². The van der Waals surface area contributed by atoms with Crippen molar-refractivity contribution >= 4 is 17.5 Å². The van der Waals surface area contributed by atoms with Gasteiger partial charge >= 0.3 is 0 Å². The van der Waals surface area contributed by atoms with Crippen LogP contribution in [0.15, 0.2) is 18.2 Å². The minimum atomic E-state index is -0.633. The molecule has 3 rings (SSSR count). The number of rotatable bonds is 3. The summed E-state index contributed by atoms with van der Waals surface area (Å²) in [6.45, 7) is 5.78. The van der Waals surface area contributed by atoms with Crippen LogP contribution in [0.25, 0.3) is 0 Å². The molecule has 0 bridgehead atoms. The van der Waals surface area contributed by atoms with Gasteiger partial charge in [0.05, 0.1) is 0 Å². The molecule has 1 aromatic carbocycles. The van der Waals surface area contributed by atoms with Crippen molar-refractivity contribution in [3.8, 4) is 0 Å². The van der Waals surface area contributed by atoms with Crippen LogP contribution in [0.3, 0.4) is 0 Å². The molecule has 2 unspecified atom stereocenters. The second kappa shape index (κ2) is 7.16. The third kappa shape index (κ3) is 3.52. The molecule has 0 radical (unpaired) electrons. The van der Waals surface area contributed by atoms with E-state index in [9.17, 15) is 9.18 Å². The van der Waals surface area contributed by atoms with Crippen LogP contribution in [-0.2, 0) is 4.79 Å². The van der Waals surface area contributed by atoms with Crippen molar-refractivity contribution in [2.45, 2.75) is 31.8 Å². The summed E-state index contributed by atoms with van der Waals surface area (Å²) in [6.07, 6.45) is 2.03. The summed E-state index contributed by atoms with van der Waals surface area (Å²) >= 11 is 6.28. The molecular formula is C17H23ClFN3O. The van der Waals surface area contributed by atoms with Gasteiger partial charge in [-0.05, 0) is 31.9 Å². The van der Waals surface area contributed by atoms with E-state index < -0.39 is 11.9 Å². The molecule has 0 saturated carbocycles. The third-order valence-corrected chi connectivity index (χ3v) is 5.02. The maximum Gasteiger partial charge on any atom is 0.244 e. The van der Waals surface area contributed by atoms with E-state index in [2.05, 4.69) is 17.1 Å². The Balaban J connectivity index is 1.97. The summed E-state index contributed by atoms with van der Waals surface area (Å²) in [5.74, 6) is -0.426. The van der Waals surface area contributed by atoms with Crippen LogP contribution >= 0.6 is 11.6 Å². The summed E-state index contributed by atoms with van der Waals surface area (Å²) in [4.78, 5) is 17.0. The van der Waals surface area contributed by atoms with Crippen LogP contribution < -0.4 is 5.32 Å². The highest BCUT2D eigenvalue weighted by Gasteiger charge is 2.37. The molecule has 1 N–H and O–H groups in total. The fraction of sp³-hybridized carbons (Fsp3) is 0.588. The van der Waals surface area contributed by atoms with E-state index in [1.165, 1.54) is 6.07 Å². The summed E-state index contributed by atoms with van der Waals surface area (Å²) in [5.41, 5.74) is 0.320. The van der Waals surface area contributed by atoms with Crippen LogP contribution in [0.5, 0.6) is 0 Å². The van der Waals surface area contributed by atoms with Gasteiger partial charge in [0.1, 0.15) is 11.9 Å². The number of carbonyl (C=O) groups excluding carboxylic acids is 1. The Morgan fingerprint density at radius 1 is 1.35 bits per heavy atom. The summed E-state index contributed by atoms with van der Waals surface area (Å²) in [5, 5.41) is 3.69. The fourth-order valence-electron chi connectivity index (χ4n) is 3.54. The first-order valence-electron chi connectivity index (χ1n) is 8.28. The second-order valence-corrected chi connectivity index (χ2v) is 6.83. The monoisotopic (exact) mass is 339 g/mol. The van der Waals surface area contributed by atoms with E-state index in [0.29, 0.717) is 23.7 Å². The van der Waals surface area contributed by atoms with Gasteiger partial charge in [-0.3, -0.25) is 9.69 Å². The molecule has 23 heavy (non-hydrogen) atoms. The van der Waals surface area contributed by atoms with Crippen molar-refractivity contribution in [1.82, 2.24) is 15.1 Å². The molecule has 0 spiro atoms. The van der Waals surface area contributed by atoms with Gasteiger partial charge in [-0.25, -0.2) is 4.39 Å². The number of hydrogen-bond donors (Lipinski definition) is 1. The Labute approximate surface area is 141 Å². The van der Waals surface area contributed by atoms with Gasteiger partial charge in [-0.2, -0.15) is 0 Å². The largest absolute Gasteiger partial charge is 0.341 e. The molecule has 6 heteroatoms. The van der Waals surface area contributed by atoms with Crippen LogP contribution in [0.4, 0.5) is 4.39 Å². The average Bonchev–Trinajstić information content (AvgIpc) is 3.05. The van der Waals surface area contributed by atoms with Crippen molar-refractivity contribution in [3.63, 3.8) is 0 Å². The minimum absolute atomic E-state index is 0.0244. The quantitative estimate of drug-likeness (QED) is 0.918. The first-order chi connectivity index (χ1) is 11.1. The highest BCUT2D eigenvalue weighted by molar-refractivity contribution is 6.31. The zero-order valence-electron chi connectivity index (χ0n) is 13.4. The lowest BCUT2D eigenvalue weighted by molar-refractivity contribution is -0.136. The number of nitrogens with zero attached hydrogens (tertiary/aromatic N) is 2. The molecule has 2 aliphatic heterocycles. The van der Waals surface area contributed by atoms with E-state index in [-0.39, 0.29) is 11.9 Å². The fourth-order valence-corrected chi connectivity index (χ4v) is 3.81. The molecule has 1 amide bonds. The highest BCUT2D eigenvalue weighted by atomic mass is 35.5. The topological polar surface area (TPSA) is 35.6 Å². The Morgan fingerprint density at radius 3 is 2.74 bits per heavy atom. The number of hydrogen-bond acceptors (Lipinski definition) is 3. The predicted molar refractivity (Wildman–Crippen MR) is 89.0 cm³/mol. The normalized spacial score (nSPS) is 24.0. The average molecular weight is 340 g/mol. The second-order valence-electron chi connectivity index (χ2n) is 6.42. The van der Waals surface area contributed by atoms with Gasteiger partial charge in [0.2, 0.25) is 5.91 Å². The van der Waals surface area contributed by atoms with Crippen LogP contribution in [-0.4, -0.2) is 54.5 Å². The smallest absolute Gasteiger partial charge is 0.244 e. The van der Waals surface area contributed by atoms with E-state index >= 15 is 0 Å². The lowest BCUT2D eigenvalue weighted by Crippen LogP contribution is -2.53. The van der Waals surface area contributed by atoms with Crippen molar-refractivity contribution in [1.29, 1.82) is 0 Å². The van der Waals surface area contributed by atoms with Crippen molar-refractivity contribution in [2.24, 2.45) is 0 Å². The maximum absolute atomic E-state index is 14.5. The Morgan fingerprint density at radius 2 is 2.09 bits per heavy atom. The zero-order valence-corrected chi connectivity index (χ0v) is 14.2. The van der Waals surface area contributed by atoms with E-state index in [1.807, 2.05) is 4.90 Å². The number of carbonyl (C=O) groups is 1. The number of nitrogens with one attached hydrogen (secondary N) is 1. The van der Waals surface area contributed by atoms with Crippen molar-refractivity contribution in [2.75, 3.05) is 32.7 Å². The predicted octanol–water partition coefficient (Wildman–Crippen LogP) is 2.44. The third-order valence-electron chi connectivity index (χ3n) is 4.69. The van der Waals surface area contributed by atoms with Gasteiger partial charge in [-0.1, -0.05) is 17.7 Å². The van der Waals surface area contributed by atoms with Crippen molar-refractivity contribution in [3.05, 3.63) is 34.6 Å². The molecule has 126 valence electrons. The van der Waals surface area contributed by atoms with Gasteiger partial charge in [-0.15, -0.1) is 0 Å². The number of amides is 1. The highest BCUT2D eigenvalue weighted by Crippen LogP contribution is 2.33. The van der Waals surface area contributed by atoms with E-state index in [1.54, 1.807) is 12.1 Å². The van der Waals surface area contributed by atoms with Gasteiger partial charge in [0.25, 0.3) is 0 Å². The standard InChI is InChI=1S/C17H23ClFN3O/c1-12-11-22(10-7-20-12)16(17(23)21-8-2-3-9-21)15-13(18)5-4-6-14(15)19/h4-6,12,16,20H,2-3,7-11H2,1H3. The minimum Gasteiger partial charge on any atom is -0.341 e. The Bertz CT molecular complexity index is 557. The molecule has 4 nitrogen and oxygen atoms in total. The summed E-state index contributed by atoms with van der Waals surface area (Å²) in [7, 11) is 0. The SMILES string of the molecule is CC1CN(C(C(=O)N2CCCC2)c2c(F)cccc2Cl)CCN1. The van der Waals surface area contributed by atoms with Crippen LogP contribution in [0, 0.1) is 5.82 Å². The number of piperazine rings is 1. The molecule has 2 saturated heterocycles. The molecule has 2 atom stereocenters. The maximum atomic E-state index is 14.5. The lowest BCUT2D eigenvalue weighted by atomic mass is 10.0. The first-order valence-corrected chi connectivity index (χ1v) is 8.66. The van der Waals surface area contributed by atoms with Gasteiger partial charge in [0.15, 0.2) is 0 Å². The zero-order chi connectivity index (χ0) is 16.4. The van der Waals surface area contributed by atoms with Crippen LogP contribution in [0.1, 0.15) is 31.4 Å². The molecule has 0 aromatic heterocycles. The molecular weight excluding hydrogens is 317 g/mol. The van der Waals surface area contributed by atoms with E-state index in [0.717, 1.165) is 32.5 Å². The molecule has 2 fully saturated rings. The van der Waals surface area contributed by atoms with Crippen LogP contribution in [0.2, 0.25) is 5.02 Å². The molecule has 2 aliphatic rings.